The van der Waals surface area contributed by atoms with Crippen LogP contribution in [-0.4, -0.2) is 43.1 Å². The van der Waals surface area contributed by atoms with E-state index in [1.807, 2.05) is 44.2 Å². The number of sulfone groups is 1. The molecule has 2 aromatic carbocycles. The smallest absolute Gasteiger partial charge is 0.307 e. The molecule has 0 amide bonds. The lowest BCUT2D eigenvalue weighted by Gasteiger charge is -2.15. The molecule has 0 unspecified atom stereocenters. The summed E-state index contributed by atoms with van der Waals surface area (Å²) >= 11 is 0. The first-order valence-electron chi connectivity index (χ1n) is 12.5. The lowest BCUT2D eigenvalue weighted by atomic mass is 9.94. The quantitative estimate of drug-likeness (QED) is 0.385. The number of nitrogens with zero attached hydrogens (tertiary/aromatic N) is 1. The summed E-state index contributed by atoms with van der Waals surface area (Å²) in [5.41, 5.74) is 7.60. The largest absolute Gasteiger partial charge is 0.494 e. The molecular weight excluding hydrogens is 490 g/mol. The van der Waals surface area contributed by atoms with Crippen LogP contribution in [0, 0.1) is 25.7 Å². The highest BCUT2D eigenvalue weighted by Crippen LogP contribution is 2.61. The number of hydrogen-bond donors (Lipinski definition) is 1. The molecule has 37 heavy (non-hydrogen) atoms. The van der Waals surface area contributed by atoms with Crippen LogP contribution in [0.4, 0.5) is 0 Å². The summed E-state index contributed by atoms with van der Waals surface area (Å²) in [6, 6.07) is 14.1. The van der Waals surface area contributed by atoms with Crippen molar-refractivity contribution in [3.05, 3.63) is 76.5 Å². The van der Waals surface area contributed by atoms with Crippen LogP contribution in [0.25, 0.3) is 11.1 Å². The maximum atomic E-state index is 11.3. The van der Waals surface area contributed by atoms with E-state index in [9.17, 15) is 18.3 Å². The van der Waals surface area contributed by atoms with Gasteiger partial charge in [-0.1, -0.05) is 18.2 Å². The average molecular weight is 522 g/mol. The van der Waals surface area contributed by atoms with Gasteiger partial charge in [-0.25, -0.2) is 13.4 Å². The second kappa shape index (κ2) is 9.82. The number of aromatic nitrogens is 1. The monoisotopic (exact) mass is 521 g/mol. The average Bonchev–Trinajstić information content (AvgIpc) is 3.42. The number of ether oxygens (including phenoxy) is 2. The van der Waals surface area contributed by atoms with E-state index in [0.717, 1.165) is 51.1 Å². The molecule has 1 saturated carbocycles. The van der Waals surface area contributed by atoms with Crippen LogP contribution < -0.4 is 9.47 Å². The predicted octanol–water partition coefficient (Wildman–Crippen LogP) is 4.73. The lowest BCUT2D eigenvalue weighted by Crippen LogP contribution is -2.08. The molecule has 1 aromatic heterocycles. The van der Waals surface area contributed by atoms with Crippen molar-refractivity contribution in [2.24, 2.45) is 11.8 Å². The number of carbonyl (C=O) groups is 1. The number of carboxylic acid groups (broad SMARTS) is 1. The molecule has 0 aliphatic heterocycles. The number of pyridine rings is 1. The third-order valence-corrected chi connectivity index (χ3v) is 8.33. The highest BCUT2D eigenvalue weighted by molar-refractivity contribution is 7.90. The summed E-state index contributed by atoms with van der Waals surface area (Å²) in [7, 11) is -2.99. The highest BCUT2D eigenvalue weighted by Gasteiger charge is 2.59. The Kier molecular flexibility index (Phi) is 6.70. The van der Waals surface area contributed by atoms with Crippen molar-refractivity contribution >= 4 is 15.8 Å². The fourth-order valence-electron chi connectivity index (χ4n) is 5.63. The summed E-state index contributed by atoms with van der Waals surface area (Å²) in [6.45, 7) is 4.83. The summed E-state index contributed by atoms with van der Waals surface area (Å²) in [6.07, 6.45) is 4.26. The summed E-state index contributed by atoms with van der Waals surface area (Å²) in [5.74, 6) is 0.766. The maximum absolute atomic E-state index is 11.3. The minimum atomic E-state index is -2.99. The van der Waals surface area contributed by atoms with Crippen molar-refractivity contribution in [1.82, 2.24) is 4.98 Å². The van der Waals surface area contributed by atoms with Gasteiger partial charge in [-0.15, -0.1) is 0 Å². The van der Waals surface area contributed by atoms with Gasteiger partial charge in [0.2, 0.25) is 5.88 Å². The Hall–Kier alpha value is -3.39. The number of aryl methyl sites for hydroxylation is 2. The van der Waals surface area contributed by atoms with E-state index in [2.05, 4.69) is 17.1 Å². The second-order valence-electron chi connectivity index (χ2n) is 10.2. The topological polar surface area (TPSA) is 103 Å². The zero-order valence-corrected chi connectivity index (χ0v) is 22.0. The molecule has 0 spiro atoms. The molecule has 0 bridgehead atoms. The minimum Gasteiger partial charge on any atom is -0.494 e. The number of rotatable bonds is 10. The molecule has 7 nitrogen and oxygen atoms in total. The molecule has 0 radical (unpaired) electrons. The third-order valence-electron chi connectivity index (χ3n) is 7.30. The van der Waals surface area contributed by atoms with Crippen molar-refractivity contribution in [2.75, 3.05) is 18.6 Å². The highest BCUT2D eigenvalue weighted by atomic mass is 32.2. The molecule has 3 aromatic rings. The molecule has 1 fully saturated rings. The number of carboxylic acids is 1. The van der Waals surface area contributed by atoms with Crippen LogP contribution in [0.15, 0.2) is 48.7 Å². The van der Waals surface area contributed by atoms with Gasteiger partial charge >= 0.3 is 5.97 Å². The normalized spacial score (nSPS) is 19.7. The van der Waals surface area contributed by atoms with Crippen molar-refractivity contribution in [3.63, 3.8) is 0 Å². The summed E-state index contributed by atoms with van der Waals surface area (Å²) in [5, 5.41) is 9.30. The van der Waals surface area contributed by atoms with E-state index < -0.39 is 15.8 Å². The van der Waals surface area contributed by atoms with Crippen LogP contribution in [0.2, 0.25) is 0 Å². The van der Waals surface area contributed by atoms with E-state index >= 15 is 0 Å². The Labute approximate surface area is 217 Å². The molecular formula is C29H31NO6S. The fraction of sp³-hybridized carbons (Fsp3) is 0.379. The Morgan fingerprint density at radius 3 is 2.57 bits per heavy atom. The van der Waals surface area contributed by atoms with E-state index in [1.165, 1.54) is 6.26 Å². The molecule has 3 atom stereocenters. The van der Waals surface area contributed by atoms with Crippen LogP contribution >= 0.6 is 0 Å². The SMILES string of the molecule is Cc1cc(OCCCS(C)(=O)=O)cc(C)c1-c1cccc(COc2cc3c(cn2)[C@@H]2[C@H](C3)[C@@H]2C(=O)O)c1. The zero-order chi connectivity index (χ0) is 26.3. The Bertz CT molecular complexity index is 1440. The summed E-state index contributed by atoms with van der Waals surface area (Å²) in [4.78, 5) is 15.7. The Morgan fingerprint density at radius 2 is 1.86 bits per heavy atom. The van der Waals surface area contributed by atoms with Crippen LogP contribution in [-0.2, 0) is 27.7 Å². The van der Waals surface area contributed by atoms with Gasteiger partial charge < -0.3 is 14.6 Å². The van der Waals surface area contributed by atoms with Crippen LogP contribution in [0.3, 0.4) is 0 Å². The molecule has 8 heteroatoms. The molecule has 1 heterocycles. The van der Waals surface area contributed by atoms with Gasteiger partial charge in [0.25, 0.3) is 0 Å². The number of hydrogen-bond acceptors (Lipinski definition) is 6. The molecule has 2 aliphatic rings. The zero-order valence-electron chi connectivity index (χ0n) is 21.2. The molecule has 2 aliphatic carbocycles. The van der Waals surface area contributed by atoms with Gasteiger partial charge in [-0.3, -0.25) is 4.79 Å². The molecule has 1 N–H and O–H groups in total. The van der Waals surface area contributed by atoms with Gasteiger partial charge in [0.1, 0.15) is 22.2 Å². The van der Waals surface area contributed by atoms with Gasteiger partial charge in [0, 0.05) is 24.4 Å². The molecule has 5 rings (SSSR count). The van der Waals surface area contributed by atoms with Crippen molar-refractivity contribution in [1.29, 1.82) is 0 Å². The third kappa shape index (κ3) is 5.49. The van der Waals surface area contributed by atoms with E-state index in [1.54, 1.807) is 6.20 Å². The van der Waals surface area contributed by atoms with Crippen molar-refractivity contribution < 1.29 is 27.8 Å². The first-order chi connectivity index (χ1) is 17.6. The van der Waals surface area contributed by atoms with Crippen molar-refractivity contribution in [2.45, 2.75) is 39.2 Å². The van der Waals surface area contributed by atoms with E-state index in [-0.39, 0.29) is 23.5 Å². The number of aliphatic carboxylic acids is 1. The van der Waals surface area contributed by atoms with Crippen LogP contribution in [0.5, 0.6) is 11.6 Å². The standard InChI is InChI=1S/C29H31NO6S/c1-17-10-22(35-8-5-9-37(3,33)34)11-18(2)26(17)20-7-4-6-19(12-20)16-36-25-14-21-13-23-27(24(21)15-30-25)28(23)29(31)32/h4,6-7,10-12,14-15,23,27-28H,5,8-9,13,16H2,1-3H3,(H,31,32)/t23-,27-,28-/m0/s1. The number of fused-ring (bicyclic) bond motifs is 3. The van der Waals surface area contributed by atoms with Gasteiger partial charge in [0.05, 0.1) is 18.3 Å². The van der Waals surface area contributed by atoms with Crippen LogP contribution in [0.1, 0.15) is 40.2 Å². The first-order valence-corrected chi connectivity index (χ1v) is 14.5. The molecule has 194 valence electrons. The van der Waals surface area contributed by atoms with Gasteiger partial charge in [-0.05, 0) is 89.8 Å². The maximum Gasteiger partial charge on any atom is 0.307 e. The fourth-order valence-corrected chi connectivity index (χ4v) is 6.27. The molecule has 0 saturated heterocycles. The lowest BCUT2D eigenvalue weighted by molar-refractivity contribution is -0.139. The minimum absolute atomic E-state index is 0.112. The van der Waals surface area contributed by atoms with Gasteiger partial charge in [-0.2, -0.15) is 0 Å². The Morgan fingerprint density at radius 1 is 1.11 bits per heavy atom. The van der Waals surface area contributed by atoms with Crippen molar-refractivity contribution in [3.8, 4) is 22.8 Å². The van der Waals surface area contributed by atoms with E-state index in [4.69, 9.17) is 9.47 Å². The number of benzene rings is 2. The second-order valence-corrected chi connectivity index (χ2v) is 12.5. The first kappa shape index (κ1) is 25.3. The summed E-state index contributed by atoms with van der Waals surface area (Å²) < 4.78 is 34.4. The van der Waals surface area contributed by atoms with E-state index in [0.29, 0.717) is 25.5 Å². The predicted molar refractivity (Wildman–Crippen MR) is 141 cm³/mol. The van der Waals surface area contributed by atoms with Gasteiger partial charge in [0.15, 0.2) is 0 Å². The Balaban J connectivity index is 1.23.